The monoisotopic (exact) mass is 252 g/mol. The van der Waals surface area contributed by atoms with Crippen LogP contribution in [0.1, 0.15) is 35.8 Å². The van der Waals surface area contributed by atoms with Gasteiger partial charge in [0.1, 0.15) is 11.8 Å². The van der Waals surface area contributed by atoms with Crippen molar-refractivity contribution in [3.05, 3.63) is 28.8 Å². The Morgan fingerprint density at radius 3 is 2.82 bits per heavy atom. The van der Waals surface area contributed by atoms with Crippen LogP contribution in [0.25, 0.3) is 5.52 Å². The van der Waals surface area contributed by atoms with Crippen molar-refractivity contribution in [3.8, 4) is 0 Å². The molecule has 5 nitrogen and oxygen atoms in total. The van der Waals surface area contributed by atoms with Gasteiger partial charge in [-0.25, -0.2) is 9.50 Å². The van der Waals surface area contributed by atoms with Gasteiger partial charge in [-0.05, 0) is 12.0 Å². The second-order valence-corrected chi connectivity index (χ2v) is 4.39. The zero-order valence-electron chi connectivity index (χ0n) is 9.86. The average Bonchev–Trinajstić information content (AvgIpc) is 2.69. The molecular formula is C11H13ClN4O. The minimum atomic E-state index is -0.189. The van der Waals surface area contributed by atoms with E-state index in [9.17, 15) is 4.79 Å². The number of hydrogen-bond donors (Lipinski definition) is 1. The highest BCUT2D eigenvalue weighted by Crippen LogP contribution is 2.25. The smallest absolute Gasteiger partial charge is 0.253 e. The Morgan fingerprint density at radius 1 is 1.53 bits per heavy atom. The van der Waals surface area contributed by atoms with Gasteiger partial charge in [-0.1, -0.05) is 25.4 Å². The number of nitrogens with zero attached hydrogens (tertiary/aromatic N) is 3. The van der Waals surface area contributed by atoms with Gasteiger partial charge in [-0.3, -0.25) is 4.79 Å². The largest absolute Gasteiger partial charge is 0.355 e. The van der Waals surface area contributed by atoms with Crippen LogP contribution in [-0.2, 0) is 0 Å². The minimum Gasteiger partial charge on any atom is -0.355 e. The van der Waals surface area contributed by atoms with E-state index in [0.29, 0.717) is 11.1 Å². The van der Waals surface area contributed by atoms with Crippen molar-refractivity contribution < 1.29 is 4.79 Å². The summed E-state index contributed by atoms with van der Waals surface area (Å²) in [5, 5.41) is 7.01. The Bertz CT molecular complexity index is 576. The fourth-order valence-corrected chi connectivity index (χ4v) is 1.98. The lowest BCUT2D eigenvalue weighted by molar-refractivity contribution is 0.0964. The summed E-state index contributed by atoms with van der Waals surface area (Å²) in [5.41, 5.74) is 1.99. The van der Waals surface area contributed by atoms with Gasteiger partial charge in [-0.2, -0.15) is 5.10 Å². The van der Waals surface area contributed by atoms with Crippen molar-refractivity contribution in [1.29, 1.82) is 0 Å². The van der Waals surface area contributed by atoms with E-state index in [1.54, 1.807) is 17.6 Å². The molecule has 2 heterocycles. The first-order valence-electron chi connectivity index (χ1n) is 5.30. The standard InChI is InChI=1S/C11H13ClN4O/c1-6(2)8-4-7(11(17)13-3)9-10(12)14-5-15-16(8)9/h4-6H,1-3H3,(H,13,17). The van der Waals surface area contributed by atoms with Crippen LogP contribution in [0.4, 0.5) is 0 Å². The maximum Gasteiger partial charge on any atom is 0.253 e. The second kappa shape index (κ2) is 4.33. The third-order valence-electron chi connectivity index (χ3n) is 2.60. The molecule has 0 atom stereocenters. The third-order valence-corrected chi connectivity index (χ3v) is 2.88. The van der Waals surface area contributed by atoms with Crippen LogP contribution in [0.15, 0.2) is 12.4 Å². The Labute approximate surface area is 104 Å². The summed E-state index contributed by atoms with van der Waals surface area (Å²) in [6.45, 7) is 4.07. The number of rotatable bonds is 2. The molecular weight excluding hydrogens is 240 g/mol. The molecule has 1 N–H and O–H groups in total. The Hall–Kier alpha value is -1.62. The molecule has 0 saturated carbocycles. The molecule has 0 bridgehead atoms. The fourth-order valence-electron chi connectivity index (χ4n) is 1.75. The van der Waals surface area contributed by atoms with Crippen LogP contribution >= 0.6 is 11.6 Å². The Kier molecular flexibility index (Phi) is 3.02. The maximum absolute atomic E-state index is 11.8. The maximum atomic E-state index is 11.8. The molecule has 2 aromatic rings. The predicted octanol–water partition coefficient (Wildman–Crippen LogP) is 1.87. The Morgan fingerprint density at radius 2 is 2.24 bits per heavy atom. The summed E-state index contributed by atoms with van der Waals surface area (Å²) < 4.78 is 1.67. The van der Waals surface area contributed by atoms with Crippen molar-refractivity contribution in [2.45, 2.75) is 19.8 Å². The third kappa shape index (κ3) is 1.86. The molecule has 0 aliphatic rings. The van der Waals surface area contributed by atoms with E-state index in [1.165, 1.54) is 6.33 Å². The highest BCUT2D eigenvalue weighted by Gasteiger charge is 2.19. The molecule has 0 radical (unpaired) electrons. The van der Waals surface area contributed by atoms with E-state index in [-0.39, 0.29) is 17.0 Å². The van der Waals surface area contributed by atoms with E-state index in [4.69, 9.17) is 11.6 Å². The highest BCUT2D eigenvalue weighted by atomic mass is 35.5. The van der Waals surface area contributed by atoms with Crippen molar-refractivity contribution in [2.75, 3.05) is 7.05 Å². The molecule has 0 aromatic carbocycles. The lowest BCUT2D eigenvalue weighted by atomic mass is 10.1. The number of amides is 1. The molecule has 0 aliphatic heterocycles. The molecule has 90 valence electrons. The van der Waals surface area contributed by atoms with Crippen molar-refractivity contribution in [3.63, 3.8) is 0 Å². The zero-order valence-corrected chi connectivity index (χ0v) is 10.6. The van der Waals surface area contributed by atoms with Crippen LogP contribution in [0.2, 0.25) is 5.15 Å². The molecule has 2 aromatic heterocycles. The molecule has 1 amide bonds. The first-order valence-corrected chi connectivity index (χ1v) is 5.68. The first-order chi connectivity index (χ1) is 8.06. The normalized spacial score (nSPS) is 11.1. The van der Waals surface area contributed by atoms with E-state index in [1.807, 2.05) is 13.8 Å². The van der Waals surface area contributed by atoms with Gasteiger partial charge in [0.15, 0.2) is 5.15 Å². The summed E-state index contributed by atoms with van der Waals surface area (Å²) >= 11 is 6.03. The molecule has 17 heavy (non-hydrogen) atoms. The lowest BCUT2D eigenvalue weighted by Gasteiger charge is -2.04. The second-order valence-electron chi connectivity index (χ2n) is 4.03. The number of hydrogen-bond acceptors (Lipinski definition) is 3. The molecule has 0 unspecified atom stereocenters. The predicted molar refractivity (Wildman–Crippen MR) is 65.5 cm³/mol. The fraction of sp³-hybridized carbons (Fsp3) is 0.364. The van der Waals surface area contributed by atoms with Gasteiger partial charge in [0.2, 0.25) is 0 Å². The molecule has 0 aliphatic carbocycles. The molecule has 6 heteroatoms. The number of fused-ring (bicyclic) bond motifs is 1. The number of carbonyl (C=O) groups excluding carboxylic acids is 1. The Balaban J connectivity index is 2.80. The summed E-state index contributed by atoms with van der Waals surface area (Å²) in [6, 6.07) is 1.80. The number of carbonyl (C=O) groups is 1. The van der Waals surface area contributed by atoms with Gasteiger partial charge in [0.05, 0.1) is 5.56 Å². The summed E-state index contributed by atoms with van der Waals surface area (Å²) in [6.07, 6.45) is 1.38. The van der Waals surface area contributed by atoms with Gasteiger partial charge in [0.25, 0.3) is 5.91 Å². The van der Waals surface area contributed by atoms with Gasteiger partial charge in [-0.15, -0.1) is 0 Å². The summed E-state index contributed by atoms with van der Waals surface area (Å²) in [5.74, 6) is 0.0537. The molecule has 0 fully saturated rings. The van der Waals surface area contributed by atoms with Crippen LogP contribution in [0.5, 0.6) is 0 Å². The van der Waals surface area contributed by atoms with Crippen LogP contribution in [-0.4, -0.2) is 27.6 Å². The van der Waals surface area contributed by atoms with E-state index in [0.717, 1.165) is 5.69 Å². The van der Waals surface area contributed by atoms with Gasteiger partial charge in [0, 0.05) is 12.7 Å². The topological polar surface area (TPSA) is 59.3 Å². The van der Waals surface area contributed by atoms with Gasteiger partial charge >= 0.3 is 0 Å². The van der Waals surface area contributed by atoms with E-state index >= 15 is 0 Å². The lowest BCUT2D eigenvalue weighted by Crippen LogP contribution is -2.17. The molecule has 2 rings (SSSR count). The van der Waals surface area contributed by atoms with Gasteiger partial charge < -0.3 is 5.32 Å². The SMILES string of the molecule is CNC(=O)c1cc(C(C)C)n2ncnc(Cl)c12. The summed E-state index contributed by atoms with van der Waals surface area (Å²) in [7, 11) is 1.58. The minimum absolute atomic E-state index is 0.189. The van der Waals surface area contributed by atoms with Crippen LogP contribution in [0, 0.1) is 0 Å². The summed E-state index contributed by atoms with van der Waals surface area (Å²) in [4.78, 5) is 15.7. The first kappa shape index (κ1) is 11.9. The van der Waals surface area contributed by atoms with Crippen molar-refractivity contribution in [2.24, 2.45) is 0 Å². The molecule has 0 saturated heterocycles. The average molecular weight is 253 g/mol. The quantitative estimate of drug-likeness (QED) is 0.888. The van der Waals surface area contributed by atoms with Crippen molar-refractivity contribution in [1.82, 2.24) is 19.9 Å². The number of nitrogens with one attached hydrogen (secondary N) is 1. The number of halogens is 1. The van der Waals surface area contributed by atoms with E-state index in [2.05, 4.69) is 15.4 Å². The highest BCUT2D eigenvalue weighted by molar-refractivity contribution is 6.33. The van der Waals surface area contributed by atoms with E-state index < -0.39 is 0 Å². The van der Waals surface area contributed by atoms with Crippen LogP contribution < -0.4 is 5.32 Å². The molecule has 0 spiro atoms. The van der Waals surface area contributed by atoms with Crippen molar-refractivity contribution >= 4 is 23.0 Å². The zero-order chi connectivity index (χ0) is 12.6. The number of aromatic nitrogens is 3. The van der Waals surface area contributed by atoms with Crippen LogP contribution in [0.3, 0.4) is 0 Å².